The van der Waals surface area contributed by atoms with E-state index in [0.29, 0.717) is 40.2 Å². The first-order valence-electron chi connectivity index (χ1n) is 7.16. The number of rotatable bonds is 6. The first-order valence-corrected chi connectivity index (χ1v) is 7.92. The van der Waals surface area contributed by atoms with Crippen LogP contribution in [0, 0.1) is 0 Å². The van der Waals surface area contributed by atoms with Gasteiger partial charge in [0.2, 0.25) is 0 Å². The monoisotopic (exact) mass is 366 g/mol. The molecule has 0 unspecified atom stereocenters. The van der Waals surface area contributed by atoms with Gasteiger partial charge in [-0.3, -0.25) is 4.79 Å². The molecule has 0 saturated carbocycles. The summed E-state index contributed by atoms with van der Waals surface area (Å²) >= 11 is 11.7. The van der Waals surface area contributed by atoms with Crippen molar-refractivity contribution >= 4 is 46.5 Å². The van der Waals surface area contributed by atoms with Crippen molar-refractivity contribution in [2.75, 3.05) is 23.7 Å². The van der Waals surface area contributed by atoms with Crippen LogP contribution in [0.2, 0.25) is 10.0 Å². The predicted molar refractivity (Wildman–Crippen MR) is 96.2 cm³/mol. The number of amides is 2. The summed E-state index contributed by atoms with van der Waals surface area (Å²) in [5, 5.41) is 9.21. The highest BCUT2D eigenvalue weighted by molar-refractivity contribution is 6.35. The number of carbonyl (C=O) groups excluding carboxylic acids is 2. The summed E-state index contributed by atoms with van der Waals surface area (Å²) in [6.45, 7) is 2.27. The normalized spacial score (nSPS) is 10.1. The summed E-state index contributed by atoms with van der Waals surface area (Å²) in [4.78, 5) is 27.2. The number of urea groups is 1. The minimum Gasteiger partial charge on any atom is -0.367 e. The smallest absolute Gasteiger partial charge is 0.319 e. The van der Waals surface area contributed by atoms with Crippen LogP contribution in [0.3, 0.4) is 0 Å². The quantitative estimate of drug-likeness (QED) is 0.535. The van der Waals surface area contributed by atoms with E-state index >= 15 is 0 Å². The van der Waals surface area contributed by atoms with Gasteiger partial charge in [-0.1, -0.05) is 35.3 Å². The van der Waals surface area contributed by atoms with Gasteiger partial charge >= 0.3 is 6.03 Å². The zero-order valence-electron chi connectivity index (χ0n) is 12.9. The minimum atomic E-state index is -0.368. The van der Waals surface area contributed by atoms with Crippen molar-refractivity contribution in [2.45, 2.75) is 6.92 Å². The van der Waals surface area contributed by atoms with Gasteiger partial charge in [0, 0.05) is 30.5 Å². The molecular formula is C16H16Cl2N4O2. The Labute approximate surface area is 149 Å². The molecular weight excluding hydrogens is 351 g/mol. The van der Waals surface area contributed by atoms with E-state index in [9.17, 15) is 9.59 Å². The highest BCUT2D eigenvalue weighted by Crippen LogP contribution is 2.22. The SMILES string of the molecule is CC(=O)c1cccc(NC(=O)NCCNc2ncc(Cl)cc2Cl)c1. The Morgan fingerprint density at radius 1 is 1.17 bits per heavy atom. The Kier molecular flexibility index (Phi) is 6.40. The van der Waals surface area contributed by atoms with Gasteiger partial charge in [0.1, 0.15) is 5.82 Å². The summed E-state index contributed by atoms with van der Waals surface area (Å²) in [7, 11) is 0. The molecule has 126 valence electrons. The van der Waals surface area contributed by atoms with E-state index in [4.69, 9.17) is 23.2 Å². The Bertz CT molecular complexity index is 753. The average Bonchev–Trinajstić information content (AvgIpc) is 2.53. The maximum Gasteiger partial charge on any atom is 0.319 e. The second-order valence-corrected chi connectivity index (χ2v) is 5.77. The molecule has 0 fully saturated rings. The lowest BCUT2D eigenvalue weighted by atomic mass is 10.1. The number of ketones is 1. The van der Waals surface area contributed by atoms with Crippen LogP contribution in [-0.4, -0.2) is 29.9 Å². The molecule has 1 heterocycles. The van der Waals surface area contributed by atoms with Crippen molar-refractivity contribution in [3.63, 3.8) is 0 Å². The molecule has 0 aliphatic heterocycles. The van der Waals surface area contributed by atoms with E-state index < -0.39 is 0 Å². The molecule has 0 atom stereocenters. The predicted octanol–water partition coefficient (Wildman–Crippen LogP) is 3.82. The topological polar surface area (TPSA) is 83.1 Å². The number of hydrogen-bond donors (Lipinski definition) is 3. The zero-order chi connectivity index (χ0) is 17.5. The molecule has 2 amide bonds. The van der Waals surface area contributed by atoms with Crippen LogP contribution >= 0.6 is 23.2 Å². The zero-order valence-corrected chi connectivity index (χ0v) is 14.4. The second kappa shape index (κ2) is 8.52. The number of carbonyl (C=O) groups is 2. The largest absolute Gasteiger partial charge is 0.367 e. The van der Waals surface area contributed by atoms with Crippen LogP contribution in [0.4, 0.5) is 16.3 Å². The third-order valence-corrected chi connectivity index (χ3v) is 3.53. The Hall–Kier alpha value is -2.31. The van der Waals surface area contributed by atoms with Gasteiger partial charge < -0.3 is 16.0 Å². The summed E-state index contributed by atoms with van der Waals surface area (Å²) < 4.78 is 0. The molecule has 24 heavy (non-hydrogen) atoms. The number of nitrogens with zero attached hydrogens (tertiary/aromatic N) is 1. The number of pyridine rings is 1. The first-order chi connectivity index (χ1) is 11.5. The third-order valence-electron chi connectivity index (χ3n) is 3.04. The molecule has 1 aromatic heterocycles. The fraction of sp³-hybridized carbons (Fsp3) is 0.188. The van der Waals surface area contributed by atoms with Crippen LogP contribution in [0.5, 0.6) is 0 Å². The van der Waals surface area contributed by atoms with E-state index in [1.54, 1.807) is 30.3 Å². The number of nitrogens with one attached hydrogen (secondary N) is 3. The number of anilines is 2. The number of hydrogen-bond acceptors (Lipinski definition) is 4. The summed E-state index contributed by atoms with van der Waals surface area (Å²) in [6, 6.07) is 7.95. The van der Waals surface area contributed by atoms with Gasteiger partial charge in [-0.2, -0.15) is 0 Å². The van der Waals surface area contributed by atoms with Crippen molar-refractivity contribution in [1.82, 2.24) is 10.3 Å². The molecule has 8 heteroatoms. The minimum absolute atomic E-state index is 0.0596. The highest BCUT2D eigenvalue weighted by Gasteiger charge is 2.05. The van der Waals surface area contributed by atoms with Crippen molar-refractivity contribution < 1.29 is 9.59 Å². The van der Waals surface area contributed by atoms with E-state index in [-0.39, 0.29) is 11.8 Å². The van der Waals surface area contributed by atoms with Gasteiger partial charge in [0.05, 0.1) is 10.0 Å². The van der Waals surface area contributed by atoms with Crippen molar-refractivity contribution in [1.29, 1.82) is 0 Å². The fourth-order valence-electron chi connectivity index (χ4n) is 1.89. The summed E-state index contributed by atoms with van der Waals surface area (Å²) in [6.07, 6.45) is 1.48. The Morgan fingerprint density at radius 2 is 1.96 bits per heavy atom. The van der Waals surface area contributed by atoms with E-state index in [0.717, 1.165) is 0 Å². The standard InChI is InChI=1S/C16H16Cl2N4O2/c1-10(23)11-3-2-4-13(7-11)22-16(24)20-6-5-19-15-14(18)8-12(17)9-21-15/h2-4,7-9H,5-6H2,1H3,(H,19,21)(H2,20,22,24). The molecule has 0 saturated heterocycles. The molecule has 2 rings (SSSR count). The number of Topliss-reactive ketones (excluding diaryl/α,β-unsaturated/α-hetero) is 1. The Balaban J connectivity index is 1.77. The molecule has 0 radical (unpaired) electrons. The molecule has 2 aromatic rings. The van der Waals surface area contributed by atoms with Gasteiger partial charge in [-0.25, -0.2) is 9.78 Å². The van der Waals surface area contributed by atoms with Crippen LogP contribution in [0.25, 0.3) is 0 Å². The van der Waals surface area contributed by atoms with Gasteiger partial charge in [-0.05, 0) is 25.1 Å². The van der Waals surface area contributed by atoms with Crippen molar-refractivity contribution in [3.8, 4) is 0 Å². The van der Waals surface area contributed by atoms with Crippen LogP contribution < -0.4 is 16.0 Å². The number of halogens is 2. The molecule has 0 aliphatic rings. The molecule has 6 nitrogen and oxygen atoms in total. The molecule has 0 spiro atoms. The third kappa shape index (κ3) is 5.40. The summed E-state index contributed by atoms with van der Waals surface area (Å²) in [5.74, 6) is 0.438. The number of aromatic nitrogens is 1. The molecule has 1 aromatic carbocycles. The van der Waals surface area contributed by atoms with E-state index in [1.807, 2.05) is 0 Å². The van der Waals surface area contributed by atoms with Crippen LogP contribution in [0.15, 0.2) is 36.5 Å². The molecule has 0 aliphatic carbocycles. The maximum absolute atomic E-state index is 11.8. The maximum atomic E-state index is 11.8. The average molecular weight is 367 g/mol. The number of benzene rings is 1. The lowest BCUT2D eigenvalue weighted by Gasteiger charge is -2.10. The van der Waals surface area contributed by atoms with Gasteiger partial charge in [-0.15, -0.1) is 0 Å². The summed E-state index contributed by atoms with van der Waals surface area (Å²) in [5.41, 5.74) is 1.09. The van der Waals surface area contributed by atoms with Crippen LogP contribution in [-0.2, 0) is 0 Å². The lowest BCUT2D eigenvalue weighted by Crippen LogP contribution is -2.32. The van der Waals surface area contributed by atoms with Crippen LogP contribution in [0.1, 0.15) is 17.3 Å². The first kappa shape index (κ1) is 18.0. The molecule has 3 N–H and O–H groups in total. The van der Waals surface area contributed by atoms with Crippen molar-refractivity contribution in [2.24, 2.45) is 0 Å². The van der Waals surface area contributed by atoms with E-state index in [1.165, 1.54) is 13.1 Å². The van der Waals surface area contributed by atoms with Gasteiger partial charge in [0.15, 0.2) is 5.78 Å². The molecule has 0 bridgehead atoms. The van der Waals surface area contributed by atoms with E-state index in [2.05, 4.69) is 20.9 Å². The lowest BCUT2D eigenvalue weighted by molar-refractivity contribution is 0.101. The second-order valence-electron chi connectivity index (χ2n) is 4.93. The van der Waals surface area contributed by atoms with Gasteiger partial charge in [0.25, 0.3) is 0 Å². The highest BCUT2D eigenvalue weighted by atomic mass is 35.5. The fourth-order valence-corrected chi connectivity index (χ4v) is 2.34. The Morgan fingerprint density at radius 3 is 2.67 bits per heavy atom. The van der Waals surface area contributed by atoms with Crippen molar-refractivity contribution in [3.05, 3.63) is 52.1 Å².